The molecule has 0 N–H and O–H groups in total. The zero-order valence-corrected chi connectivity index (χ0v) is 33.0. The summed E-state index contributed by atoms with van der Waals surface area (Å²) in [5, 5.41) is 0. The minimum absolute atomic E-state index is 0. The molecule has 0 fully saturated rings. The van der Waals surface area contributed by atoms with Crippen LogP contribution < -0.4 is 0 Å². The van der Waals surface area contributed by atoms with Gasteiger partial charge in [-0.3, -0.25) is 0 Å². The van der Waals surface area contributed by atoms with Crippen molar-refractivity contribution in [2.75, 3.05) is 0 Å². The standard InChI is InChI=1S/C42H61.Ga.2H2/c1-23(2)31-17-35(27(9)10)41(36(18-31)28(11)12)39-22-40(34(26(7)8)21-33(39)25(5)6)42-37(29(13)14)19-32(24(3)4)20-38(42)30(15)16;;;/h17-21,23-30H,1-16H3;;2*1H. The number of allylic oxidation sites excluding steroid dienone is 3. The Morgan fingerprint density at radius 2 is 0.744 bits per heavy atom. The number of rotatable bonds is 10. The summed E-state index contributed by atoms with van der Waals surface area (Å²) in [4.78, 5) is 0. The second-order valence-electron chi connectivity index (χ2n) is 15.3. The maximum absolute atomic E-state index is 4.26. The molecule has 0 aliphatic heterocycles. The Bertz CT molecular complexity index is 1320. The van der Waals surface area contributed by atoms with Gasteiger partial charge in [0.1, 0.15) is 0 Å². The average Bonchev–Trinajstić information content (AvgIpc) is 2.90. The van der Waals surface area contributed by atoms with Crippen LogP contribution in [0.5, 0.6) is 0 Å². The van der Waals surface area contributed by atoms with Crippen LogP contribution in [0.4, 0.5) is 0 Å². The van der Waals surface area contributed by atoms with Gasteiger partial charge >= 0.3 is 0 Å². The summed E-state index contributed by atoms with van der Waals surface area (Å²) >= 11 is 0. The van der Waals surface area contributed by atoms with Crippen LogP contribution in [0.2, 0.25) is 0 Å². The molecule has 0 amide bonds. The summed E-state index contributed by atoms with van der Waals surface area (Å²) in [6, 6.07) is 10.0. The molecule has 1 heteroatoms. The minimum Gasteiger partial charge on any atom is -0.107 e. The van der Waals surface area contributed by atoms with E-state index in [1.165, 1.54) is 67.1 Å². The van der Waals surface area contributed by atoms with Gasteiger partial charge in [-0.15, -0.1) is 5.73 Å². The van der Waals surface area contributed by atoms with Crippen molar-refractivity contribution in [1.82, 2.24) is 0 Å². The third-order valence-electron chi connectivity index (χ3n) is 9.15. The predicted molar refractivity (Wildman–Crippen MR) is 199 cm³/mol. The van der Waals surface area contributed by atoms with E-state index in [1.54, 1.807) is 0 Å². The normalized spacial score (nSPS) is 14.6. The smallest absolute Gasteiger partial charge is 0.0381 e. The molecule has 0 saturated carbocycles. The summed E-state index contributed by atoms with van der Waals surface area (Å²) in [5.41, 5.74) is 20.0. The second kappa shape index (κ2) is 15.1. The van der Waals surface area contributed by atoms with Crippen LogP contribution in [-0.4, -0.2) is 19.8 Å². The summed E-state index contributed by atoms with van der Waals surface area (Å²) in [6.45, 7) is 37.7. The molecule has 236 valence electrons. The van der Waals surface area contributed by atoms with Crippen molar-refractivity contribution in [3.05, 3.63) is 92.1 Å². The summed E-state index contributed by atoms with van der Waals surface area (Å²) in [7, 11) is 0. The molecule has 0 aromatic heterocycles. The van der Waals surface area contributed by atoms with E-state index in [-0.39, 0.29) is 22.6 Å². The van der Waals surface area contributed by atoms with Crippen molar-refractivity contribution in [2.45, 2.75) is 146 Å². The first kappa shape index (κ1) is 37.5. The Morgan fingerprint density at radius 3 is 1.00 bits per heavy atom. The summed E-state index contributed by atoms with van der Waals surface area (Å²) < 4.78 is 0. The molecule has 43 heavy (non-hydrogen) atoms. The third kappa shape index (κ3) is 7.95. The Morgan fingerprint density at radius 1 is 0.419 bits per heavy atom. The molecule has 0 heterocycles. The van der Waals surface area contributed by atoms with Gasteiger partial charge in [0.2, 0.25) is 0 Å². The van der Waals surface area contributed by atoms with Crippen molar-refractivity contribution >= 4 is 30.9 Å². The van der Waals surface area contributed by atoms with E-state index >= 15 is 0 Å². The molecule has 3 rings (SSSR count). The first-order valence-electron chi connectivity index (χ1n) is 16.9. The van der Waals surface area contributed by atoms with Crippen LogP contribution >= 0.6 is 0 Å². The SMILES string of the molecule is CC(C)[C]1C=C(C(C)C)C(c2c(C(C)C)cc(C(C)C)cc2C(C)C)=C=C1c1c(C(C)C)cc(C(C)C)cc1C(C)C.[Ga].[HH].[HH]. The van der Waals surface area contributed by atoms with Gasteiger partial charge in [0.05, 0.1) is 0 Å². The fraction of sp³-hybridized carbons (Fsp3) is 0.571. The van der Waals surface area contributed by atoms with Gasteiger partial charge in [-0.05, 0) is 97.4 Å². The Hall–Kier alpha value is -1.66. The quantitative estimate of drug-likeness (QED) is 0.179. The summed E-state index contributed by atoms with van der Waals surface area (Å²) in [5.74, 6) is 4.98. The molecule has 2 aromatic carbocycles. The van der Waals surface area contributed by atoms with Crippen molar-refractivity contribution in [1.29, 1.82) is 0 Å². The Balaban J connectivity index is 0.00000645. The molecule has 4 radical (unpaired) electrons. The summed E-state index contributed by atoms with van der Waals surface area (Å²) in [6.07, 6.45) is 2.56. The first-order valence-corrected chi connectivity index (χ1v) is 16.9. The van der Waals surface area contributed by atoms with E-state index in [2.05, 4.69) is 147 Å². The fourth-order valence-corrected chi connectivity index (χ4v) is 6.39. The number of hydrogen-bond acceptors (Lipinski definition) is 0. The van der Waals surface area contributed by atoms with Crippen LogP contribution in [-0.2, 0) is 0 Å². The molecule has 2 aromatic rings. The van der Waals surface area contributed by atoms with Crippen molar-refractivity contribution in [3.8, 4) is 0 Å². The first-order chi connectivity index (χ1) is 19.5. The Kier molecular flexibility index (Phi) is 13.2. The van der Waals surface area contributed by atoms with Gasteiger partial charge in [0.15, 0.2) is 0 Å². The van der Waals surface area contributed by atoms with Crippen molar-refractivity contribution < 1.29 is 2.85 Å². The minimum atomic E-state index is 0. The zero-order chi connectivity index (χ0) is 31.8. The molecule has 0 nitrogen and oxygen atoms in total. The van der Waals surface area contributed by atoms with Crippen molar-refractivity contribution in [2.24, 2.45) is 11.8 Å². The molecule has 0 unspecified atom stereocenters. The van der Waals surface area contributed by atoms with Crippen LogP contribution in [0.3, 0.4) is 0 Å². The van der Waals surface area contributed by atoms with E-state index in [9.17, 15) is 0 Å². The van der Waals surface area contributed by atoms with Gasteiger partial charge in [0, 0.05) is 39.7 Å². The zero-order valence-electron chi connectivity index (χ0n) is 30.6. The van der Waals surface area contributed by atoms with Gasteiger partial charge < -0.3 is 0 Å². The molecule has 0 saturated heterocycles. The van der Waals surface area contributed by atoms with E-state index < -0.39 is 0 Å². The van der Waals surface area contributed by atoms with E-state index in [4.69, 9.17) is 0 Å². The van der Waals surface area contributed by atoms with E-state index in [0.717, 1.165) is 0 Å². The molecule has 0 bridgehead atoms. The van der Waals surface area contributed by atoms with E-state index in [1.807, 2.05) is 0 Å². The van der Waals surface area contributed by atoms with Crippen LogP contribution in [0.25, 0.3) is 11.1 Å². The van der Waals surface area contributed by atoms with Crippen LogP contribution in [0, 0.1) is 17.8 Å². The maximum Gasteiger partial charge on any atom is 0.0381 e. The second-order valence-corrected chi connectivity index (χ2v) is 15.3. The predicted octanol–water partition coefficient (Wildman–Crippen LogP) is 13.4. The van der Waals surface area contributed by atoms with E-state index in [0.29, 0.717) is 47.3 Å². The number of benzene rings is 2. The molecule has 0 spiro atoms. The number of hydrogen-bond donors (Lipinski definition) is 0. The van der Waals surface area contributed by atoms with Crippen molar-refractivity contribution in [3.63, 3.8) is 0 Å². The van der Waals surface area contributed by atoms with Crippen LogP contribution in [0.15, 0.2) is 41.6 Å². The largest absolute Gasteiger partial charge is 0.107 e. The molecule has 1 aliphatic rings. The molecule has 0 atom stereocenters. The van der Waals surface area contributed by atoms with Gasteiger partial charge in [-0.25, -0.2) is 0 Å². The van der Waals surface area contributed by atoms with Crippen LogP contribution in [0.1, 0.15) is 194 Å². The average molecular weight is 640 g/mol. The topological polar surface area (TPSA) is 0 Å². The third-order valence-corrected chi connectivity index (χ3v) is 9.15. The maximum atomic E-state index is 4.26. The molecular weight excluding hydrogens is 574 g/mol. The molecule has 1 aliphatic carbocycles. The Labute approximate surface area is 283 Å². The van der Waals surface area contributed by atoms with Gasteiger partial charge in [0.25, 0.3) is 0 Å². The molecular formula is C42H65Ga. The fourth-order valence-electron chi connectivity index (χ4n) is 6.39. The van der Waals surface area contributed by atoms with Gasteiger partial charge in [-0.2, -0.15) is 0 Å². The monoisotopic (exact) mass is 638 g/mol. The van der Waals surface area contributed by atoms with Gasteiger partial charge in [-0.1, -0.05) is 141 Å².